The van der Waals surface area contributed by atoms with E-state index in [0.29, 0.717) is 6.61 Å². The Morgan fingerprint density at radius 1 is 1.33 bits per heavy atom. The molecule has 1 saturated heterocycles. The molecule has 0 spiro atoms. The molecule has 0 N–H and O–H groups in total. The van der Waals surface area contributed by atoms with Gasteiger partial charge in [-0.1, -0.05) is 50.1 Å². The van der Waals surface area contributed by atoms with E-state index in [1.807, 2.05) is 37.3 Å². The lowest BCUT2D eigenvalue weighted by atomic mass is 9.97. The first-order valence-corrected chi connectivity index (χ1v) is 6.58. The highest BCUT2D eigenvalue weighted by atomic mass is 16.7. The molecule has 0 bridgehead atoms. The number of carbonyl (C=O) groups is 1. The number of hydrogen-bond acceptors (Lipinski definition) is 3. The second kappa shape index (κ2) is 5.53. The molecule has 1 aliphatic heterocycles. The molecule has 1 heterocycles. The van der Waals surface area contributed by atoms with Gasteiger partial charge in [0.2, 0.25) is 0 Å². The van der Waals surface area contributed by atoms with Crippen molar-refractivity contribution < 1.29 is 14.3 Å². The van der Waals surface area contributed by atoms with E-state index in [9.17, 15) is 4.79 Å². The van der Waals surface area contributed by atoms with Gasteiger partial charge in [0.05, 0.1) is 6.61 Å². The molecule has 2 atom stereocenters. The molecule has 1 aliphatic rings. The smallest absolute Gasteiger partial charge is 0.338 e. The maximum absolute atomic E-state index is 11.8. The van der Waals surface area contributed by atoms with E-state index in [2.05, 4.69) is 6.92 Å². The molecule has 18 heavy (non-hydrogen) atoms. The highest BCUT2D eigenvalue weighted by Gasteiger charge is 2.59. The SMILES string of the molecule is CCCCCOC(=O)[C@@H]1O[C@@]1(C)c1ccccc1. The average Bonchev–Trinajstić information content (AvgIpc) is 3.10. The zero-order chi connectivity index (χ0) is 13.0. The number of carbonyl (C=O) groups excluding carboxylic acids is 1. The molecule has 0 amide bonds. The second-order valence-corrected chi connectivity index (χ2v) is 4.85. The van der Waals surface area contributed by atoms with Crippen LogP contribution in [0.15, 0.2) is 30.3 Å². The van der Waals surface area contributed by atoms with Crippen molar-refractivity contribution in [2.24, 2.45) is 0 Å². The topological polar surface area (TPSA) is 38.8 Å². The van der Waals surface area contributed by atoms with Gasteiger partial charge in [0.15, 0.2) is 6.10 Å². The van der Waals surface area contributed by atoms with E-state index < -0.39 is 11.7 Å². The number of rotatable bonds is 6. The first-order valence-electron chi connectivity index (χ1n) is 6.58. The van der Waals surface area contributed by atoms with Gasteiger partial charge in [0.25, 0.3) is 0 Å². The fourth-order valence-electron chi connectivity index (χ4n) is 2.07. The van der Waals surface area contributed by atoms with Gasteiger partial charge in [-0.05, 0) is 18.9 Å². The van der Waals surface area contributed by atoms with Gasteiger partial charge in [-0.25, -0.2) is 4.79 Å². The standard InChI is InChI=1S/C15H20O3/c1-3-4-8-11-17-14(16)13-15(2,18-13)12-9-6-5-7-10-12/h5-7,9-10,13H,3-4,8,11H2,1-2H3/t13-,15-/m0/s1. The Kier molecular flexibility index (Phi) is 4.02. The zero-order valence-electron chi connectivity index (χ0n) is 11.0. The first-order chi connectivity index (χ1) is 8.68. The quantitative estimate of drug-likeness (QED) is 0.441. The summed E-state index contributed by atoms with van der Waals surface area (Å²) >= 11 is 0. The van der Waals surface area contributed by atoms with Gasteiger partial charge in [-0.15, -0.1) is 0 Å². The minimum absolute atomic E-state index is 0.238. The van der Waals surface area contributed by atoms with Crippen molar-refractivity contribution in [2.75, 3.05) is 6.61 Å². The van der Waals surface area contributed by atoms with Crippen molar-refractivity contribution in [1.29, 1.82) is 0 Å². The van der Waals surface area contributed by atoms with Crippen molar-refractivity contribution in [1.82, 2.24) is 0 Å². The van der Waals surface area contributed by atoms with Crippen LogP contribution in [0.1, 0.15) is 38.7 Å². The predicted octanol–water partition coefficient (Wildman–Crippen LogP) is 3.03. The van der Waals surface area contributed by atoms with Crippen LogP contribution in [-0.2, 0) is 19.9 Å². The minimum atomic E-state index is -0.497. The lowest BCUT2D eigenvalue weighted by molar-refractivity contribution is -0.145. The van der Waals surface area contributed by atoms with Gasteiger partial charge in [-0.3, -0.25) is 0 Å². The van der Waals surface area contributed by atoms with E-state index in [-0.39, 0.29) is 5.97 Å². The molecular formula is C15H20O3. The molecule has 0 radical (unpaired) electrons. The van der Waals surface area contributed by atoms with Gasteiger partial charge in [0.1, 0.15) is 5.60 Å². The molecule has 1 aromatic rings. The number of esters is 1. The Morgan fingerprint density at radius 3 is 2.72 bits per heavy atom. The molecular weight excluding hydrogens is 228 g/mol. The highest BCUT2D eigenvalue weighted by molar-refractivity contribution is 5.79. The number of hydrogen-bond donors (Lipinski definition) is 0. The Bertz CT molecular complexity index is 401. The van der Waals surface area contributed by atoms with Gasteiger partial charge in [0, 0.05) is 0 Å². The summed E-state index contributed by atoms with van der Waals surface area (Å²) in [7, 11) is 0. The monoisotopic (exact) mass is 248 g/mol. The van der Waals surface area contributed by atoms with Crippen molar-refractivity contribution >= 4 is 5.97 Å². The van der Waals surface area contributed by atoms with Gasteiger partial charge >= 0.3 is 5.97 Å². The fraction of sp³-hybridized carbons (Fsp3) is 0.533. The molecule has 1 fully saturated rings. The Morgan fingerprint density at radius 2 is 2.06 bits per heavy atom. The fourth-order valence-corrected chi connectivity index (χ4v) is 2.07. The molecule has 3 heteroatoms. The van der Waals surface area contributed by atoms with Crippen LogP contribution in [0, 0.1) is 0 Å². The molecule has 0 aliphatic carbocycles. The molecule has 0 saturated carbocycles. The van der Waals surface area contributed by atoms with Crippen LogP contribution in [0.25, 0.3) is 0 Å². The Balaban J connectivity index is 1.84. The molecule has 0 aromatic heterocycles. The Hall–Kier alpha value is -1.35. The minimum Gasteiger partial charge on any atom is -0.464 e. The van der Waals surface area contributed by atoms with Gasteiger partial charge < -0.3 is 9.47 Å². The second-order valence-electron chi connectivity index (χ2n) is 4.85. The predicted molar refractivity (Wildman–Crippen MR) is 69.2 cm³/mol. The van der Waals surface area contributed by atoms with Crippen molar-refractivity contribution in [3.8, 4) is 0 Å². The summed E-state index contributed by atoms with van der Waals surface area (Å²) in [6.07, 6.45) is 2.70. The maximum atomic E-state index is 11.8. The number of ether oxygens (including phenoxy) is 2. The third-order valence-electron chi connectivity index (χ3n) is 3.36. The van der Waals surface area contributed by atoms with E-state index >= 15 is 0 Å². The van der Waals surface area contributed by atoms with Crippen molar-refractivity contribution in [3.63, 3.8) is 0 Å². The number of unbranched alkanes of at least 4 members (excludes halogenated alkanes) is 2. The lowest BCUT2D eigenvalue weighted by Gasteiger charge is -2.06. The largest absolute Gasteiger partial charge is 0.464 e. The first kappa shape index (κ1) is 13.1. The summed E-state index contributed by atoms with van der Waals surface area (Å²) in [6.45, 7) is 4.55. The zero-order valence-corrected chi connectivity index (χ0v) is 11.0. The van der Waals surface area contributed by atoms with E-state index in [0.717, 1.165) is 24.8 Å². The van der Waals surface area contributed by atoms with Crippen LogP contribution >= 0.6 is 0 Å². The molecule has 0 unspecified atom stereocenters. The normalized spacial score (nSPS) is 25.8. The average molecular weight is 248 g/mol. The molecule has 98 valence electrons. The van der Waals surface area contributed by atoms with Crippen LogP contribution in [0.5, 0.6) is 0 Å². The van der Waals surface area contributed by atoms with E-state index in [1.165, 1.54) is 0 Å². The highest BCUT2D eigenvalue weighted by Crippen LogP contribution is 2.46. The summed E-state index contributed by atoms with van der Waals surface area (Å²) in [6, 6.07) is 9.81. The number of benzene rings is 1. The lowest BCUT2D eigenvalue weighted by Crippen LogP contribution is -2.19. The van der Waals surface area contributed by atoms with Crippen LogP contribution in [-0.4, -0.2) is 18.7 Å². The van der Waals surface area contributed by atoms with Crippen molar-refractivity contribution in [2.45, 2.75) is 44.8 Å². The molecule has 1 aromatic carbocycles. The van der Waals surface area contributed by atoms with Crippen LogP contribution in [0.4, 0.5) is 0 Å². The van der Waals surface area contributed by atoms with E-state index in [4.69, 9.17) is 9.47 Å². The summed E-state index contributed by atoms with van der Waals surface area (Å²) in [5.74, 6) is -0.238. The summed E-state index contributed by atoms with van der Waals surface area (Å²) < 4.78 is 10.8. The summed E-state index contributed by atoms with van der Waals surface area (Å²) in [5.41, 5.74) is 0.531. The summed E-state index contributed by atoms with van der Waals surface area (Å²) in [4.78, 5) is 11.8. The molecule has 2 rings (SSSR count). The van der Waals surface area contributed by atoms with Crippen LogP contribution in [0.2, 0.25) is 0 Å². The summed E-state index contributed by atoms with van der Waals surface area (Å²) in [5, 5.41) is 0. The maximum Gasteiger partial charge on any atom is 0.338 e. The van der Waals surface area contributed by atoms with Crippen molar-refractivity contribution in [3.05, 3.63) is 35.9 Å². The van der Waals surface area contributed by atoms with Crippen LogP contribution < -0.4 is 0 Å². The molecule has 3 nitrogen and oxygen atoms in total. The third-order valence-corrected chi connectivity index (χ3v) is 3.36. The Labute approximate surface area is 108 Å². The van der Waals surface area contributed by atoms with E-state index in [1.54, 1.807) is 0 Å². The van der Waals surface area contributed by atoms with Gasteiger partial charge in [-0.2, -0.15) is 0 Å². The number of epoxide rings is 1. The third kappa shape index (κ3) is 2.72. The van der Waals surface area contributed by atoms with Crippen LogP contribution in [0.3, 0.4) is 0 Å².